The fraction of sp³-hybridized carbons (Fsp3) is 0.143. The second-order valence-corrected chi connectivity index (χ2v) is 7.96. The molecule has 0 atom stereocenters. The Morgan fingerprint density at radius 2 is 1.94 bits per heavy atom. The standard InChI is InChI=1S/C21H16ClN5O3S/c1-12-23-19(26-27(12)16-5-3-2-4-14(16)22)20(28)25-21-24-15(11-31-21)13-6-7-17-18(10-13)30-9-8-29-17/h2-7,10-11H,8-9H2,1H3,(H,24,25,28). The van der Waals surface area contributed by atoms with E-state index in [0.717, 1.165) is 11.3 Å². The number of halogens is 1. The molecule has 0 unspecified atom stereocenters. The van der Waals surface area contributed by atoms with Gasteiger partial charge in [-0.05, 0) is 37.3 Å². The van der Waals surface area contributed by atoms with Crippen LogP contribution in [0.2, 0.25) is 5.02 Å². The van der Waals surface area contributed by atoms with Gasteiger partial charge in [-0.3, -0.25) is 10.1 Å². The van der Waals surface area contributed by atoms with Crippen LogP contribution in [0.5, 0.6) is 11.5 Å². The van der Waals surface area contributed by atoms with Gasteiger partial charge < -0.3 is 9.47 Å². The number of para-hydroxylation sites is 1. The van der Waals surface area contributed by atoms with Gasteiger partial charge in [0, 0.05) is 10.9 Å². The molecule has 2 aromatic heterocycles. The van der Waals surface area contributed by atoms with Crippen LogP contribution in [0, 0.1) is 6.92 Å². The van der Waals surface area contributed by atoms with E-state index >= 15 is 0 Å². The lowest BCUT2D eigenvalue weighted by atomic mass is 10.1. The minimum absolute atomic E-state index is 0.0356. The summed E-state index contributed by atoms with van der Waals surface area (Å²) in [6.07, 6.45) is 0. The van der Waals surface area contributed by atoms with Gasteiger partial charge in [0.2, 0.25) is 5.82 Å². The molecule has 3 heterocycles. The zero-order chi connectivity index (χ0) is 21.4. The topological polar surface area (TPSA) is 91.2 Å². The van der Waals surface area contributed by atoms with Gasteiger partial charge in [-0.1, -0.05) is 23.7 Å². The summed E-state index contributed by atoms with van der Waals surface area (Å²) in [5.41, 5.74) is 2.25. The van der Waals surface area contributed by atoms with Crippen LogP contribution >= 0.6 is 22.9 Å². The summed E-state index contributed by atoms with van der Waals surface area (Å²) in [6, 6.07) is 12.9. The van der Waals surface area contributed by atoms with E-state index in [0.29, 0.717) is 46.4 Å². The summed E-state index contributed by atoms with van der Waals surface area (Å²) in [7, 11) is 0. The van der Waals surface area contributed by atoms with Crippen molar-refractivity contribution in [1.29, 1.82) is 0 Å². The first-order valence-electron chi connectivity index (χ1n) is 9.44. The van der Waals surface area contributed by atoms with Crippen molar-refractivity contribution in [3.05, 3.63) is 64.5 Å². The molecule has 0 radical (unpaired) electrons. The summed E-state index contributed by atoms with van der Waals surface area (Å²) < 4.78 is 12.7. The molecule has 2 aromatic carbocycles. The van der Waals surface area contributed by atoms with Crippen LogP contribution in [0.25, 0.3) is 16.9 Å². The lowest BCUT2D eigenvalue weighted by Gasteiger charge is -2.18. The third-order valence-corrected chi connectivity index (χ3v) is 5.69. The molecule has 10 heteroatoms. The molecule has 0 aliphatic carbocycles. The Hall–Kier alpha value is -3.43. The monoisotopic (exact) mass is 453 g/mol. The van der Waals surface area contributed by atoms with Crippen LogP contribution in [0.4, 0.5) is 5.13 Å². The van der Waals surface area contributed by atoms with Gasteiger partial charge in [-0.2, -0.15) is 0 Å². The summed E-state index contributed by atoms with van der Waals surface area (Å²) in [4.78, 5) is 21.4. The average Bonchev–Trinajstić information content (AvgIpc) is 3.40. The zero-order valence-electron chi connectivity index (χ0n) is 16.3. The first kappa shape index (κ1) is 19.5. The fourth-order valence-electron chi connectivity index (χ4n) is 3.16. The highest BCUT2D eigenvalue weighted by Gasteiger charge is 2.19. The van der Waals surface area contributed by atoms with Crippen molar-refractivity contribution < 1.29 is 14.3 Å². The van der Waals surface area contributed by atoms with E-state index < -0.39 is 5.91 Å². The smallest absolute Gasteiger partial charge is 0.297 e. The van der Waals surface area contributed by atoms with Crippen LogP contribution in [-0.4, -0.2) is 38.9 Å². The Morgan fingerprint density at radius 1 is 1.13 bits per heavy atom. The summed E-state index contributed by atoms with van der Waals surface area (Å²) in [5, 5.41) is 9.89. The molecule has 0 spiro atoms. The predicted octanol–water partition coefficient (Wildman–Crippen LogP) is 4.38. The van der Waals surface area contributed by atoms with Crippen LogP contribution in [0.15, 0.2) is 47.8 Å². The second kappa shape index (κ2) is 8.01. The van der Waals surface area contributed by atoms with Crippen molar-refractivity contribution in [2.45, 2.75) is 6.92 Å². The third kappa shape index (κ3) is 3.85. The largest absolute Gasteiger partial charge is 0.486 e. The second-order valence-electron chi connectivity index (χ2n) is 6.70. The van der Waals surface area contributed by atoms with Crippen molar-refractivity contribution in [3.8, 4) is 28.4 Å². The van der Waals surface area contributed by atoms with Gasteiger partial charge >= 0.3 is 0 Å². The molecule has 0 saturated carbocycles. The predicted molar refractivity (Wildman–Crippen MR) is 118 cm³/mol. The maximum atomic E-state index is 12.7. The van der Waals surface area contributed by atoms with Gasteiger partial charge in [0.15, 0.2) is 16.6 Å². The average molecular weight is 454 g/mol. The number of benzene rings is 2. The highest BCUT2D eigenvalue weighted by Crippen LogP contribution is 2.35. The fourth-order valence-corrected chi connectivity index (χ4v) is 4.09. The number of nitrogens with one attached hydrogen (secondary N) is 1. The number of hydrogen-bond acceptors (Lipinski definition) is 7. The SMILES string of the molecule is Cc1nc(C(=O)Nc2nc(-c3ccc4c(c3)OCCO4)cs2)nn1-c1ccccc1Cl. The van der Waals surface area contributed by atoms with Gasteiger partial charge in [-0.25, -0.2) is 14.6 Å². The van der Waals surface area contributed by atoms with E-state index in [2.05, 4.69) is 20.4 Å². The molecule has 1 aliphatic heterocycles. The first-order valence-corrected chi connectivity index (χ1v) is 10.7. The number of thiazole rings is 1. The number of rotatable bonds is 4. The highest BCUT2D eigenvalue weighted by atomic mass is 35.5. The zero-order valence-corrected chi connectivity index (χ0v) is 17.9. The van der Waals surface area contributed by atoms with Crippen molar-refractivity contribution >= 4 is 34.0 Å². The lowest BCUT2D eigenvalue weighted by Crippen LogP contribution is -2.15. The van der Waals surface area contributed by atoms with Gasteiger partial charge in [-0.15, -0.1) is 16.4 Å². The number of fused-ring (bicyclic) bond motifs is 1. The quantitative estimate of drug-likeness (QED) is 0.493. The number of hydrogen-bond donors (Lipinski definition) is 1. The number of nitrogens with zero attached hydrogens (tertiary/aromatic N) is 4. The Bertz CT molecular complexity index is 1290. The van der Waals surface area contributed by atoms with Crippen molar-refractivity contribution in [3.63, 3.8) is 0 Å². The molecule has 1 aliphatic rings. The molecule has 4 aromatic rings. The molecular formula is C21H16ClN5O3S. The van der Waals surface area contributed by atoms with Gasteiger partial charge in [0.25, 0.3) is 5.91 Å². The molecule has 0 saturated heterocycles. The normalized spacial score (nSPS) is 12.6. The minimum Gasteiger partial charge on any atom is -0.486 e. The van der Waals surface area contributed by atoms with E-state index in [-0.39, 0.29) is 5.82 Å². The maximum Gasteiger partial charge on any atom is 0.297 e. The number of ether oxygens (including phenoxy) is 2. The summed E-state index contributed by atoms with van der Waals surface area (Å²) in [6.45, 7) is 2.82. The minimum atomic E-state index is -0.447. The Kier molecular flexibility index (Phi) is 5.05. The van der Waals surface area contributed by atoms with E-state index in [1.165, 1.54) is 11.3 Å². The molecule has 0 bridgehead atoms. The number of aromatic nitrogens is 4. The van der Waals surface area contributed by atoms with Crippen molar-refractivity contribution in [1.82, 2.24) is 19.7 Å². The number of amides is 1. The number of anilines is 1. The number of carbonyl (C=O) groups is 1. The Morgan fingerprint density at radius 3 is 2.77 bits per heavy atom. The first-order chi connectivity index (χ1) is 15.1. The maximum absolute atomic E-state index is 12.7. The van der Waals surface area contributed by atoms with E-state index in [1.807, 2.05) is 41.8 Å². The summed E-state index contributed by atoms with van der Waals surface area (Å²) >= 11 is 7.56. The highest BCUT2D eigenvalue weighted by molar-refractivity contribution is 7.14. The van der Waals surface area contributed by atoms with Crippen LogP contribution in [0.1, 0.15) is 16.4 Å². The number of aryl methyl sites for hydroxylation is 1. The molecule has 156 valence electrons. The van der Waals surface area contributed by atoms with E-state index in [9.17, 15) is 4.79 Å². The number of carbonyl (C=O) groups excluding carboxylic acids is 1. The molecule has 5 rings (SSSR count). The lowest BCUT2D eigenvalue weighted by molar-refractivity contribution is 0.101. The van der Waals surface area contributed by atoms with Crippen LogP contribution in [-0.2, 0) is 0 Å². The molecule has 1 N–H and O–H groups in total. The van der Waals surface area contributed by atoms with Crippen LogP contribution < -0.4 is 14.8 Å². The van der Waals surface area contributed by atoms with Gasteiger partial charge in [0.05, 0.1) is 16.4 Å². The van der Waals surface area contributed by atoms with E-state index in [1.54, 1.807) is 17.7 Å². The molecule has 0 fully saturated rings. The molecule has 31 heavy (non-hydrogen) atoms. The van der Waals surface area contributed by atoms with Crippen molar-refractivity contribution in [2.75, 3.05) is 18.5 Å². The summed E-state index contributed by atoms with van der Waals surface area (Å²) in [5.74, 6) is 1.54. The van der Waals surface area contributed by atoms with E-state index in [4.69, 9.17) is 21.1 Å². The molecular weight excluding hydrogens is 438 g/mol. The van der Waals surface area contributed by atoms with Crippen molar-refractivity contribution in [2.24, 2.45) is 0 Å². The molecule has 8 nitrogen and oxygen atoms in total. The van der Waals surface area contributed by atoms with Crippen LogP contribution in [0.3, 0.4) is 0 Å². The van der Waals surface area contributed by atoms with Gasteiger partial charge in [0.1, 0.15) is 19.0 Å². The molecule has 1 amide bonds. The Labute approximate surface area is 186 Å². The Balaban J connectivity index is 1.35. The third-order valence-electron chi connectivity index (χ3n) is 4.62.